The SMILES string of the molecule is COc1ccc(OC)c(N(C)CC(C)(C)C(=O)O)c1. The van der Waals surface area contributed by atoms with Crippen LogP contribution < -0.4 is 14.4 Å². The Morgan fingerprint density at radius 3 is 2.42 bits per heavy atom. The molecule has 0 bridgehead atoms. The Labute approximate surface area is 113 Å². The van der Waals surface area contributed by atoms with Crippen LogP contribution in [-0.2, 0) is 4.79 Å². The molecule has 0 aliphatic rings. The second-order valence-corrected chi connectivity index (χ2v) is 5.08. The molecule has 5 heteroatoms. The number of carboxylic acid groups (broad SMARTS) is 1. The first-order valence-corrected chi connectivity index (χ1v) is 5.98. The maximum atomic E-state index is 11.2. The summed E-state index contributed by atoms with van der Waals surface area (Å²) in [5.41, 5.74) is -0.0424. The molecule has 106 valence electrons. The molecule has 0 unspecified atom stereocenters. The third kappa shape index (κ3) is 3.53. The van der Waals surface area contributed by atoms with Gasteiger partial charge in [-0.1, -0.05) is 0 Å². The van der Waals surface area contributed by atoms with Crippen molar-refractivity contribution in [1.82, 2.24) is 0 Å². The standard InChI is InChI=1S/C14H21NO4/c1-14(2,13(16)17)9-15(3)11-8-10(18-4)6-7-12(11)19-5/h6-8H,9H2,1-5H3,(H,16,17). The van der Waals surface area contributed by atoms with Crippen LogP contribution in [0.5, 0.6) is 11.5 Å². The van der Waals surface area contributed by atoms with Crippen molar-refractivity contribution in [1.29, 1.82) is 0 Å². The van der Waals surface area contributed by atoms with Gasteiger partial charge in [0.15, 0.2) is 0 Å². The predicted molar refractivity (Wildman–Crippen MR) is 74.2 cm³/mol. The van der Waals surface area contributed by atoms with Crippen LogP contribution in [0.15, 0.2) is 18.2 Å². The molecule has 1 N–H and O–H groups in total. The van der Waals surface area contributed by atoms with E-state index < -0.39 is 11.4 Å². The topological polar surface area (TPSA) is 59.0 Å². The highest BCUT2D eigenvalue weighted by Crippen LogP contribution is 2.33. The zero-order chi connectivity index (χ0) is 14.6. The lowest BCUT2D eigenvalue weighted by Gasteiger charge is -2.29. The van der Waals surface area contributed by atoms with Gasteiger partial charge in [-0.05, 0) is 26.0 Å². The summed E-state index contributed by atoms with van der Waals surface area (Å²) in [5.74, 6) is 0.557. The van der Waals surface area contributed by atoms with Gasteiger partial charge in [-0.3, -0.25) is 4.79 Å². The average molecular weight is 267 g/mol. The second-order valence-electron chi connectivity index (χ2n) is 5.08. The number of carboxylic acids is 1. The van der Waals surface area contributed by atoms with Crippen LogP contribution in [0.25, 0.3) is 0 Å². The minimum absolute atomic E-state index is 0.367. The van der Waals surface area contributed by atoms with E-state index in [1.165, 1.54) is 0 Å². The van der Waals surface area contributed by atoms with E-state index in [-0.39, 0.29) is 0 Å². The fourth-order valence-corrected chi connectivity index (χ4v) is 1.84. The van der Waals surface area contributed by atoms with Gasteiger partial charge in [0.1, 0.15) is 11.5 Å². The van der Waals surface area contributed by atoms with E-state index in [1.807, 2.05) is 18.0 Å². The maximum Gasteiger partial charge on any atom is 0.310 e. The number of methoxy groups -OCH3 is 2. The van der Waals surface area contributed by atoms with Crippen molar-refractivity contribution in [2.75, 3.05) is 32.7 Å². The summed E-state index contributed by atoms with van der Waals surface area (Å²) in [6.45, 7) is 3.75. The molecule has 0 saturated heterocycles. The van der Waals surface area contributed by atoms with Gasteiger partial charge >= 0.3 is 5.97 Å². The van der Waals surface area contributed by atoms with Gasteiger partial charge in [-0.25, -0.2) is 0 Å². The number of aliphatic carboxylic acids is 1. The van der Waals surface area contributed by atoms with E-state index in [0.29, 0.717) is 18.0 Å². The number of benzene rings is 1. The van der Waals surface area contributed by atoms with Gasteiger partial charge < -0.3 is 19.5 Å². The Balaban J connectivity index is 3.04. The van der Waals surface area contributed by atoms with Crippen molar-refractivity contribution in [3.63, 3.8) is 0 Å². The fourth-order valence-electron chi connectivity index (χ4n) is 1.84. The minimum Gasteiger partial charge on any atom is -0.497 e. The first-order chi connectivity index (χ1) is 8.81. The summed E-state index contributed by atoms with van der Waals surface area (Å²) in [7, 11) is 5.01. The third-order valence-electron chi connectivity index (χ3n) is 3.01. The van der Waals surface area contributed by atoms with Crippen LogP contribution in [0.2, 0.25) is 0 Å². The molecular formula is C14H21NO4. The third-order valence-corrected chi connectivity index (χ3v) is 3.01. The van der Waals surface area contributed by atoms with Gasteiger partial charge in [0, 0.05) is 19.7 Å². The molecule has 0 aromatic heterocycles. The van der Waals surface area contributed by atoms with E-state index in [9.17, 15) is 9.90 Å². The highest BCUT2D eigenvalue weighted by molar-refractivity contribution is 5.75. The second kappa shape index (κ2) is 5.82. The van der Waals surface area contributed by atoms with Crippen LogP contribution in [0.4, 0.5) is 5.69 Å². The van der Waals surface area contributed by atoms with Crippen molar-refractivity contribution in [3.8, 4) is 11.5 Å². The highest BCUT2D eigenvalue weighted by Gasteiger charge is 2.29. The largest absolute Gasteiger partial charge is 0.497 e. The van der Waals surface area contributed by atoms with Crippen LogP contribution in [0, 0.1) is 5.41 Å². The van der Waals surface area contributed by atoms with Gasteiger partial charge in [-0.15, -0.1) is 0 Å². The Morgan fingerprint density at radius 1 is 1.32 bits per heavy atom. The highest BCUT2D eigenvalue weighted by atomic mass is 16.5. The molecule has 0 fully saturated rings. The zero-order valence-electron chi connectivity index (χ0n) is 12.1. The molecule has 0 radical (unpaired) electrons. The molecule has 0 saturated carbocycles. The molecule has 19 heavy (non-hydrogen) atoms. The van der Waals surface area contributed by atoms with E-state index >= 15 is 0 Å². The number of nitrogens with zero attached hydrogens (tertiary/aromatic N) is 1. The molecule has 0 heterocycles. The molecule has 0 aliphatic heterocycles. The van der Waals surface area contributed by atoms with Crippen LogP contribution in [0.1, 0.15) is 13.8 Å². The predicted octanol–water partition coefficient (Wildman–Crippen LogP) is 2.25. The molecule has 1 aromatic rings. The summed E-state index contributed by atoms with van der Waals surface area (Å²) in [6.07, 6.45) is 0. The lowest BCUT2D eigenvalue weighted by Crippen LogP contribution is -2.37. The van der Waals surface area contributed by atoms with E-state index in [4.69, 9.17) is 9.47 Å². The molecule has 5 nitrogen and oxygen atoms in total. The molecule has 0 spiro atoms. The lowest BCUT2D eigenvalue weighted by molar-refractivity contribution is -0.146. The summed E-state index contributed by atoms with van der Waals surface area (Å²) in [5, 5.41) is 9.18. The summed E-state index contributed by atoms with van der Waals surface area (Å²) < 4.78 is 10.5. The number of anilines is 1. The zero-order valence-corrected chi connectivity index (χ0v) is 12.1. The molecule has 0 aliphatic carbocycles. The fraction of sp³-hybridized carbons (Fsp3) is 0.500. The normalized spacial score (nSPS) is 11.0. The Morgan fingerprint density at radius 2 is 1.95 bits per heavy atom. The Hall–Kier alpha value is -1.91. The summed E-state index contributed by atoms with van der Waals surface area (Å²) >= 11 is 0. The van der Waals surface area contributed by atoms with Crippen molar-refractivity contribution in [3.05, 3.63) is 18.2 Å². The first kappa shape index (κ1) is 15.1. The van der Waals surface area contributed by atoms with Crippen molar-refractivity contribution in [2.24, 2.45) is 5.41 Å². The maximum absolute atomic E-state index is 11.2. The minimum atomic E-state index is -0.844. The lowest BCUT2D eigenvalue weighted by atomic mass is 9.93. The Bertz CT molecular complexity index is 457. The molecule has 1 rings (SSSR count). The number of hydrogen-bond donors (Lipinski definition) is 1. The van der Waals surface area contributed by atoms with Gasteiger partial charge in [0.05, 0.1) is 25.3 Å². The molecule has 1 aromatic carbocycles. The number of carbonyl (C=O) groups is 1. The van der Waals surface area contributed by atoms with Crippen molar-refractivity contribution in [2.45, 2.75) is 13.8 Å². The van der Waals surface area contributed by atoms with E-state index in [1.54, 1.807) is 40.2 Å². The molecular weight excluding hydrogens is 246 g/mol. The van der Waals surface area contributed by atoms with Crippen molar-refractivity contribution < 1.29 is 19.4 Å². The van der Waals surface area contributed by atoms with E-state index in [2.05, 4.69) is 0 Å². The average Bonchev–Trinajstić information content (AvgIpc) is 2.37. The van der Waals surface area contributed by atoms with Crippen LogP contribution >= 0.6 is 0 Å². The molecule has 0 amide bonds. The first-order valence-electron chi connectivity index (χ1n) is 5.98. The van der Waals surface area contributed by atoms with Gasteiger partial charge in [-0.2, -0.15) is 0 Å². The number of hydrogen-bond acceptors (Lipinski definition) is 4. The van der Waals surface area contributed by atoms with Crippen molar-refractivity contribution >= 4 is 11.7 Å². The quantitative estimate of drug-likeness (QED) is 0.856. The van der Waals surface area contributed by atoms with E-state index in [0.717, 1.165) is 5.69 Å². The monoisotopic (exact) mass is 267 g/mol. The smallest absolute Gasteiger partial charge is 0.310 e. The van der Waals surface area contributed by atoms with Crippen LogP contribution in [0.3, 0.4) is 0 Å². The molecule has 0 atom stereocenters. The summed E-state index contributed by atoms with van der Waals surface area (Å²) in [6, 6.07) is 5.44. The number of rotatable bonds is 6. The van der Waals surface area contributed by atoms with Gasteiger partial charge in [0.25, 0.3) is 0 Å². The van der Waals surface area contributed by atoms with Gasteiger partial charge in [0.2, 0.25) is 0 Å². The number of ether oxygens (including phenoxy) is 2. The Kier molecular flexibility index (Phi) is 4.64. The van der Waals surface area contributed by atoms with Crippen LogP contribution in [-0.4, -0.2) is 38.9 Å². The summed E-state index contributed by atoms with van der Waals surface area (Å²) in [4.78, 5) is 13.0.